The Bertz CT molecular complexity index is 967. The third-order valence-corrected chi connectivity index (χ3v) is 3.63. The molecule has 2 aromatic carbocycles. The van der Waals surface area contributed by atoms with Gasteiger partial charge in [-0.25, -0.2) is 9.97 Å². The van der Waals surface area contributed by atoms with Gasteiger partial charge in [-0.2, -0.15) is 5.26 Å². The summed E-state index contributed by atoms with van der Waals surface area (Å²) >= 11 is 6.04. The normalized spacial score (nSPS) is 9.92. The van der Waals surface area contributed by atoms with Crippen molar-refractivity contribution in [3.05, 3.63) is 77.1 Å². The van der Waals surface area contributed by atoms with Gasteiger partial charge in [0.15, 0.2) is 0 Å². The van der Waals surface area contributed by atoms with Gasteiger partial charge in [-0.05, 0) is 30.3 Å². The number of benzene rings is 2. The molecule has 0 fully saturated rings. The molecule has 2 N–H and O–H groups in total. The maximum atomic E-state index is 12.4. The minimum Gasteiger partial charge on any atom is -0.323 e. The summed E-state index contributed by atoms with van der Waals surface area (Å²) in [6, 6.07) is 17.5. The van der Waals surface area contributed by atoms with Crippen molar-refractivity contribution in [3.8, 4) is 6.07 Å². The molecule has 0 aliphatic carbocycles. The summed E-state index contributed by atoms with van der Waals surface area (Å²) < 4.78 is 0. The second-order valence-corrected chi connectivity index (χ2v) is 5.39. The second-order valence-electron chi connectivity index (χ2n) is 4.98. The third-order valence-electron chi connectivity index (χ3n) is 3.30. The molecule has 7 heteroatoms. The van der Waals surface area contributed by atoms with Gasteiger partial charge >= 0.3 is 0 Å². The molecule has 0 radical (unpaired) electrons. The summed E-state index contributed by atoms with van der Waals surface area (Å²) in [5, 5.41) is 15.2. The van der Waals surface area contributed by atoms with Crippen LogP contribution in [0.4, 0.5) is 17.3 Å². The van der Waals surface area contributed by atoms with Crippen LogP contribution >= 0.6 is 11.6 Å². The number of nitriles is 1. The number of carbonyl (C=O) groups excluding carboxylic acids is 1. The molecule has 0 spiro atoms. The minimum atomic E-state index is -0.410. The molecule has 1 aromatic heterocycles. The number of halogens is 1. The lowest BCUT2D eigenvalue weighted by Crippen LogP contribution is -2.15. The van der Waals surface area contributed by atoms with Gasteiger partial charge < -0.3 is 10.6 Å². The fraction of sp³-hybridized carbons (Fsp3) is 0. The van der Waals surface area contributed by atoms with Crippen molar-refractivity contribution in [2.24, 2.45) is 0 Å². The highest BCUT2D eigenvalue weighted by Crippen LogP contribution is 2.21. The van der Waals surface area contributed by atoms with E-state index in [0.717, 1.165) is 0 Å². The maximum absolute atomic E-state index is 12.4. The first-order chi connectivity index (χ1) is 12.2. The van der Waals surface area contributed by atoms with Crippen molar-refractivity contribution in [2.45, 2.75) is 0 Å². The molecule has 6 nitrogen and oxygen atoms in total. The summed E-state index contributed by atoms with van der Waals surface area (Å²) in [6.07, 6.45) is 1.46. The fourth-order valence-corrected chi connectivity index (χ4v) is 2.29. The van der Waals surface area contributed by atoms with E-state index in [9.17, 15) is 4.79 Å². The number of carbonyl (C=O) groups is 1. The smallest absolute Gasteiger partial charge is 0.274 e. The lowest BCUT2D eigenvalue weighted by Gasteiger charge is -2.09. The number of hydrogen-bond acceptors (Lipinski definition) is 5. The Labute approximate surface area is 149 Å². The van der Waals surface area contributed by atoms with Crippen LogP contribution in [0.1, 0.15) is 16.1 Å². The molecule has 0 saturated heterocycles. The number of anilines is 3. The molecular weight excluding hydrogens is 338 g/mol. The van der Waals surface area contributed by atoms with Crippen LogP contribution in [0.15, 0.2) is 60.8 Å². The standard InChI is InChI=1S/C18H12ClN5O/c19-13-6-2-4-8-15(13)22-17(25)16-9-10-21-18(24-16)23-14-7-3-1-5-12(14)11-20/h1-10H,(H,22,25)(H,21,23,24). The minimum absolute atomic E-state index is 0.173. The van der Waals surface area contributed by atoms with Crippen molar-refractivity contribution in [1.82, 2.24) is 9.97 Å². The predicted octanol–water partition coefficient (Wildman–Crippen LogP) is 4.00. The van der Waals surface area contributed by atoms with E-state index in [-0.39, 0.29) is 11.6 Å². The first-order valence-corrected chi connectivity index (χ1v) is 7.70. The average Bonchev–Trinajstić information content (AvgIpc) is 2.64. The number of nitrogens with zero attached hydrogens (tertiary/aromatic N) is 3. The molecule has 0 atom stereocenters. The van der Waals surface area contributed by atoms with Crippen LogP contribution in [-0.4, -0.2) is 15.9 Å². The number of amides is 1. The van der Waals surface area contributed by atoms with Crippen LogP contribution in [0.5, 0.6) is 0 Å². The van der Waals surface area contributed by atoms with Gasteiger partial charge in [-0.15, -0.1) is 0 Å². The molecule has 0 bridgehead atoms. The lowest BCUT2D eigenvalue weighted by molar-refractivity contribution is 0.102. The fourth-order valence-electron chi connectivity index (χ4n) is 2.10. The van der Waals surface area contributed by atoms with Gasteiger partial charge in [0.2, 0.25) is 5.95 Å². The van der Waals surface area contributed by atoms with Gasteiger partial charge in [-0.1, -0.05) is 35.9 Å². The molecule has 1 amide bonds. The molecule has 3 aromatic rings. The van der Waals surface area contributed by atoms with Crippen molar-refractivity contribution in [1.29, 1.82) is 5.26 Å². The van der Waals surface area contributed by atoms with Gasteiger partial charge in [0.05, 0.1) is 22.0 Å². The average molecular weight is 350 g/mol. The van der Waals surface area contributed by atoms with E-state index < -0.39 is 5.91 Å². The predicted molar refractivity (Wildman–Crippen MR) is 95.9 cm³/mol. The molecule has 25 heavy (non-hydrogen) atoms. The van der Waals surface area contributed by atoms with Crippen LogP contribution in [0.2, 0.25) is 5.02 Å². The molecule has 1 heterocycles. The summed E-state index contributed by atoms with van der Waals surface area (Å²) in [5.41, 5.74) is 1.69. The molecule has 0 unspecified atom stereocenters. The number of aromatic nitrogens is 2. The Morgan fingerprint density at radius 1 is 1.04 bits per heavy atom. The number of hydrogen-bond donors (Lipinski definition) is 2. The Morgan fingerprint density at radius 3 is 2.52 bits per heavy atom. The number of rotatable bonds is 4. The van der Waals surface area contributed by atoms with Gasteiger partial charge in [-0.3, -0.25) is 4.79 Å². The van der Waals surface area contributed by atoms with E-state index in [1.165, 1.54) is 12.3 Å². The largest absolute Gasteiger partial charge is 0.323 e. The lowest BCUT2D eigenvalue weighted by atomic mass is 10.2. The van der Waals surface area contributed by atoms with Crippen molar-refractivity contribution >= 4 is 34.8 Å². The van der Waals surface area contributed by atoms with E-state index in [2.05, 4.69) is 26.7 Å². The number of nitrogens with one attached hydrogen (secondary N) is 2. The van der Waals surface area contributed by atoms with Crippen LogP contribution in [-0.2, 0) is 0 Å². The monoisotopic (exact) mass is 349 g/mol. The zero-order chi connectivity index (χ0) is 17.6. The molecule has 0 aliphatic heterocycles. The highest BCUT2D eigenvalue weighted by atomic mass is 35.5. The molecular formula is C18H12ClN5O. The molecule has 0 aliphatic rings. The quantitative estimate of drug-likeness (QED) is 0.743. The van der Waals surface area contributed by atoms with Crippen LogP contribution in [0.25, 0.3) is 0 Å². The third kappa shape index (κ3) is 3.91. The first kappa shape index (κ1) is 16.4. The van der Waals surface area contributed by atoms with E-state index in [1.807, 2.05) is 0 Å². The Morgan fingerprint density at radius 2 is 1.76 bits per heavy atom. The van der Waals surface area contributed by atoms with Gasteiger partial charge in [0.1, 0.15) is 11.8 Å². The van der Waals surface area contributed by atoms with E-state index in [0.29, 0.717) is 22.0 Å². The van der Waals surface area contributed by atoms with E-state index in [1.54, 1.807) is 48.5 Å². The van der Waals surface area contributed by atoms with Crippen LogP contribution in [0.3, 0.4) is 0 Å². The maximum Gasteiger partial charge on any atom is 0.274 e. The topological polar surface area (TPSA) is 90.7 Å². The summed E-state index contributed by atoms with van der Waals surface area (Å²) in [6.45, 7) is 0. The number of para-hydroxylation sites is 2. The van der Waals surface area contributed by atoms with E-state index in [4.69, 9.17) is 16.9 Å². The van der Waals surface area contributed by atoms with Crippen molar-refractivity contribution < 1.29 is 4.79 Å². The SMILES string of the molecule is N#Cc1ccccc1Nc1nccc(C(=O)Nc2ccccc2Cl)n1. The second kappa shape index (κ2) is 7.43. The molecule has 0 saturated carbocycles. The Kier molecular flexibility index (Phi) is 4.88. The summed E-state index contributed by atoms with van der Waals surface area (Å²) in [5.74, 6) is -0.193. The van der Waals surface area contributed by atoms with E-state index >= 15 is 0 Å². The van der Waals surface area contributed by atoms with Crippen molar-refractivity contribution in [2.75, 3.05) is 10.6 Å². The Hall–Kier alpha value is -3.43. The van der Waals surface area contributed by atoms with Crippen LogP contribution in [0, 0.1) is 11.3 Å². The first-order valence-electron chi connectivity index (χ1n) is 7.32. The molecule has 122 valence electrons. The summed E-state index contributed by atoms with van der Waals surface area (Å²) in [7, 11) is 0. The molecule has 3 rings (SSSR count). The Balaban J connectivity index is 1.81. The van der Waals surface area contributed by atoms with Crippen LogP contribution < -0.4 is 10.6 Å². The highest BCUT2D eigenvalue weighted by molar-refractivity contribution is 6.33. The van der Waals surface area contributed by atoms with Crippen molar-refractivity contribution in [3.63, 3.8) is 0 Å². The van der Waals surface area contributed by atoms with Gasteiger partial charge in [0, 0.05) is 6.20 Å². The zero-order valence-corrected chi connectivity index (χ0v) is 13.7. The zero-order valence-electron chi connectivity index (χ0n) is 12.9. The van der Waals surface area contributed by atoms with Gasteiger partial charge in [0.25, 0.3) is 5.91 Å². The summed E-state index contributed by atoms with van der Waals surface area (Å²) in [4.78, 5) is 20.6. The highest BCUT2D eigenvalue weighted by Gasteiger charge is 2.11.